The molecule has 1 aliphatic rings. The number of ether oxygens (including phenoxy) is 1. The number of alkyl carbamates (subject to hydrolysis) is 1. The normalized spacial score (nSPS) is 16.3. The van der Waals surface area contributed by atoms with Crippen molar-refractivity contribution in [1.29, 1.82) is 0 Å². The van der Waals surface area contributed by atoms with Gasteiger partial charge in [0.05, 0.1) is 23.5 Å². The van der Waals surface area contributed by atoms with E-state index in [0.29, 0.717) is 12.0 Å². The third-order valence-electron chi connectivity index (χ3n) is 5.72. The van der Waals surface area contributed by atoms with Crippen LogP contribution in [-0.4, -0.2) is 58.3 Å². The van der Waals surface area contributed by atoms with Gasteiger partial charge in [0.25, 0.3) is 5.69 Å². The zero-order chi connectivity index (χ0) is 29.2. The van der Waals surface area contributed by atoms with E-state index in [9.17, 15) is 29.6 Å². The van der Waals surface area contributed by atoms with E-state index in [0.717, 1.165) is 5.92 Å². The number of benzene rings is 1. The monoisotopic (exact) mass is 543 g/mol. The summed E-state index contributed by atoms with van der Waals surface area (Å²) in [6.07, 6.45) is 5.59. The minimum absolute atomic E-state index is 0.0816. The molecule has 11 heteroatoms. The molecule has 1 saturated carbocycles. The minimum Gasteiger partial charge on any atom is -0.444 e. The number of aliphatic hydroxyl groups is 1. The SMILES string of the molecule is CC(C)C[C@H](NC(=O)OC(C)(C)C)[C@@H](O)CC(=O)N[C@@H](Cc1ccc([N+](=O)[O-])cc1)C(=O)NC[C]1[CH][CH][CH][CH]1. The molecule has 2 rings (SSSR count). The van der Waals surface area contributed by atoms with Crippen LogP contribution < -0.4 is 16.0 Å². The van der Waals surface area contributed by atoms with Crippen LogP contribution in [0.25, 0.3) is 0 Å². The van der Waals surface area contributed by atoms with Crippen LogP contribution in [0.15, 0.2) is 24.3 Å². The minimum atomic E-state index is -1.23. The summed E-state index contributed by atoms with van der Waals surface area (Å²) in [5, 5.41) is 29.9. The van der Waals surface area contributed by atoms with Gasteiger partial charge >= 0.3 is 6.09 Å². The number of amides is 3. The van der Waals surface area contributed by atoms with Crippen molar-refractivity contribution in [2.24, 2.45) is 5.92 Å². The van der Waals surface area contributed by atoms with E-state index in [1.165, 1.54) is 24.3 Å². The van der Waals surface area contributed by atoms with Crippen LogP contribution in [0.4, 0.5) is 10.5 Å². The molecule has 39 heavy (non-hydrogen) atoms. The molecule has 3 amide bonds. The highest BCUT2D eigenvalue weighted by Crippen LogP contribution is 2.22. The third-order valence-corrected chi connectivity index (χ3v) is 5.72. The van der Waals surface area contributed by atoms with Crippen molar-refractivity contribution in [3.05, 3.63) is 71.5 Å². The number of non-ortho nitro benzene ring substituents is 1. The number of hydrogen-bond acceptors (Lipinski definition) is 7. The fourth-order valence-corrected chi connectivity index (χ4v) is 3.91. The highest BCUT2D eigenvalue weighted by atomic mass is 16.6. The predicted octanol–water partition coefficient (Wildman–Crippen LogP) is 2.83. The quantitative estimate of drug-likeness (QED) is 0.220. The van der Waals surface area contributed by atoms with Gasteiger partial charge in [-0.25, -0.2) is 4.79 Å². The number of carbonyl (C=O) groups excluding carboxylic acids is 3. The fraction of sp³-hybridized carbons (Fsp3) is 0.500. The van der Waals surface area contributed by atoms with Crippen molar-refractivity contribution >= 4 is 23.6 Å². The Kier molecular flexibility index (Phi) is 12.2. The van der Waals surface area contributed by atoms with Crippen molar-refractivity contribution in [3.63, 3.8) is 0 Å². The summed E-state index contributed by atoms with van der Waals surface area (Å²) in [7, 11) is 0. The average molecular weight is 544 g/mol. The molecule has 0 unspecified atom stereocenters. The van der Waals surface area contributed by atoms with Crippen molar-refractivity contribution in [2.45, 2.75) is 77.7 Å². The lowest BCUT2D eigenvalue weighted by molar-refractivity contribution is -0.384. The Morgan fingerprint density at radius 2 is 1.67 bits per heavy atom. The molecule has 1 fully saturated rings. The lowest BCUT2D eigenvalue weighted by atomic mass is 9.97. The number of rotatable bonds is 13. The van der Waals surface area contributed by atoms with Crippen molar-refractivity contribution < 1.29 is 29.2 Å². The summed E-state index contributed by atoms with van der Waals surface area (Å²) in [5.74, 6) is -0.0240. The number of nitrogens with one attached hydrogen (secondary N) is 3. The molecule has 11 nitrogen and oxygen atoms in total. The molecule has 0 spiro atoms. The Morgan fingerprint density at radius 1 is 1.05 bits per heavy atom. The Morgan fingerprint density at radius 3 is 2.21 bits per heavy atom. The van der Waals surface area contributed by atoms with Crippen LogP contribution in [0.2, 0.25) is 0 Å². The summed E-state index contributed by atoms with van der Waals surface area (Å²) in [5.41, 5.74) is -0.203. The first-order valence-electron chi connectivity index (χ1n) is 12.9. The number of nitrogens with zero attached hydrogens (tertiary/aromatic N) is 1. The largest absolute Gasteiger partial charge is 0.444 e. The van der Waals surface area contributed by atoms with Gasteiger partial charge in [0.2, 0.25) is 11.8 Å². The third kappa shape index (κ3) is 12.0. The highest BCUT2D eigenvalue weighted by molar-refractivity contribution is 5.88. The van der Waals surface area contributed by atoms with Gasteiger partial charge in [-0.3, -0.25) is 19.7 Å². The molecule has 1 aliphatic carbocycles. The Bertz CT molecular complexity index is 969. The molecule has 0 bridgehead atoms. The van der Waals surface area contributed by atoms with Gasteiger partial charge < -0.3 is 25.8 Å². The van der Waals surface area contributed by atoms with E-state index in [1.54, 1.807) is 20.8 Å². The summed E-state index contributed by atoms with van der Waals surface area (Å²) in [4.78, 5) is 48.7. The summed E-state index contributed by atoms with van der Waals surface area (Å²) in [6.45, 7) is 9.28. The number of nitro groups is 1. The molecule has 4 N–H and O–H groups in total. The molecule has 1 aromatic carbocycles. The van der Waals surface area contributed by atoms with Gasteiger partial charge in [-0.1, -0.05) is 26.0 Å². The first-order chi connectivity index (χ1) is 18.2. The Balaban J connectivity index is 2.08. The van der Waals surface area contributed by atoms with Crippen LogP contribution in [0, 0.1) is 47.6 Å². The van der Waals surface area contributed by atoms with Crippen LogP contribution in [-0.2, 0) is 20.7 Å². The van der Waals surface area contributed by atoms with E-state index in [1.807, 2.05) is 39.5 Å². The maximum atomic E-state index is 13.0. The number of aliphatic hydroxyl groups excluding tert-OH is 1. The van der Waals surface area contributed by atoms with Crippen LogP contribution in [0.3, 0.4) is 0 Å². The van der Waals surface area contributed by atoms with E-state index < -0.39 is 46.6 Å². The molecular weight excluding hydrogens is 504 g/mol. The zero-order valence-corrected chi connectivity index (χ0v) is 23.1. The second-order valence-electron chi connectivity index (χ2n) is 10.9. The molecule has 213 valence electrons. The summed E-state index contributed by atoms with van der Waals surface area (Å²) < 4.78 is 5.29. The highest BCUT2D eigenvalue weighted by Gasteiger charge is 2.29. The molecule has 0 heterocycles. The van der Waals surface area contributed by atoms with Crippen LogP contribution in [0.1, 0.15) is 53.0 Å². The molecule has 0 aliphatic heterocycles. The van der Waals surface area contributed by atoms with E-state index in [2.05, 4.69) is 16.0 Å². The maximum absolute atomic E-state index is 13.0. The molecular formula is C28H39N4O7. The zero-order valence-electron chi connectivity index (χ0n) is 23.1. The van der Waals surface area contributed by atoms with Gasteiger partial charge in [-0.2, -0.15) is 0 Å². The van der Waals surface area contributed by atoms with Gasteiger partial charge in [-0.15, -0.1) is 0 Å². The average Bonchev–Trinajstić information content (AvgIpc) is 3.34. The predicted molar refractivity (Wildman–Crippen MR) is 145 cm³/mol. The van der Waals surface area contributed by atoms with Crippen LogP contribution in [0.5, 0.6) is 0 Å². The molecule has 0 saturated heterocycles. The Hall–Kier alpha value is -3.21. The number of carbonyl (C=O) groups is 3. The second kappa shape index (κ2) is 14.8. The lowest BCUT2D eigenvalue weighted by Crippen LogP contribution is -2.51. The first kappa shape index (κ1) is 32.0. The summed E-state index contributed by atoms with van der Waals surface area (Å²) in [6, 6.07) is 3.98. The molecule has 5 radical (unpaired) electrons. The van der Waals surface area contributed by atoms with E-state index >= 15 is 0 Å². The Labute approximate surface area is 230 Å². The smallest absolute Gasteiger partial charge is 0.407 e. The fourth-order valence-electron chi connectivity index (χ4n) is 3.91. The molecule has 0 aromatic heterocycles. The summed E-state index contributed by atoms with van der Waals surface area (Å²) >= 11 is 0. The molecule has 3 atom stereocenters. The van der Waals surface area contributed by atoms with Gasteiger partial charge in [0, 0.05) is 31.0 Å². The standard InChI is InChI=1S/C28H39N4O7/c1-18(2)14-22(31-27(36)39-28(3,4)5)24(33)16-25(34)30-23(26(35)29-17-20-8-6-7-9-20)15-19-10-12-21(13-11-19)32(37)38/h6-13,18,22-24,33H,14-17H2,1-5H3,(H,29,35)(H,30,34)(H,31,36)/t22-,23-,24-/m0/s1. The first-order valence-corrected chi connectivity index (χ1v) is 12.9. The van der Waals surface area contributed by atoms with Crippen molar-refractivity contribution in [3.8, 4) is 0 Å². The number of nitro benzene ring substituents is 1. The van der Waals surface area contributed by atoms with Crippen molar-refractivity contribution in [1.82, 2.24) is 16.0 Å². The second-order valence-corrected chi connectivity index (χ2v) is 10.9. The van der Waals surface area contributed by atoms with E-state index in [4.69, 9.17) is 4.74 Å². The van der Waals surface area contributed by atoms with Gasteiger partial charge in [0.15, 0.2) is 0 Å². The van der Waals surface area contributed by atoms with Crippen LogP contribution >= 0.6 is 0 Å². The topological polar surface area (TPSA) is 160 Å². The maximum Gasteiger partial charge on any atom is 0.407 e. The van der Waals surface area contributed by atoms with Gasteiger partial charge in [0.1, 0.15) is 11.6 Å². The van der Waals surface area contributed by atoms with E-state index in [-0.39, 0.29) is 31.0 Å². The molecule has 1 aromatic rings. The van der Waals surface area contributed by atoms with Crippen molar-refractivity contribution in [2.75, 3.05) is 6.54 Å². The van der Waals surface area contributed by atoms with Gasteiger partial charge in [-0.05, 0) is 64.4 Å². The number of hydrogen-bond donors (Lipinski definition) is 4. The lowest BCUT2D eigenvalue weighted by Gasteiger charge is -2.28.